The Labute approximate surface area is 117 Å². The average Bonchev–Trinajstić information content (AvgIpc) is 2.79. The SMILES string of the molecule is Cc1nccc(CNS(=O)(=O)c2cc(CN)n(C)c2)n1. The number of rotatable bonds is 5. The molecule has 108 valence electrons. The first-order chi connectivity index (χ1) is 9.42. The van der Waals surface area contributed by atoms with Gasteiger partial charge in [-0.15, -0.1) is 0 Å². The van der Waals surface area contributed by atoms with E-state index in [1.54, 1.807) is 36.9 Å². The van der Waals surface area contributed by atoms with Crippen LogP contribution in [0.25, 0.3) is 0 Å². The predicted molar refractivity (Wildman–Crippen MR) is 74.1 cm³/mol. The molecule has 0 atom stereocenters. The summed E-state index contributed by atoms with van der Waals surface area (Å²) in [5.74, 6) is 0.604. The molecule has 8 heteroatoms. The summed E-state index contributed by atoms with van der Waals surface area (Å²) in [6.07, 6.45) is 3.14. The van der Waals surface area contributed by atoms with Crippen molar-refractivity contribution in [2.24, 2.45) is 12.8 Å². The molecule has 2 rings (SSSR count). The highest BCUT2D eigenvalue weighted by Gasteiger charge is 2.17. The first-order valence-corrected chi connectivity index (χ1v) is 7.54. The molecule has 0 aromatic carbocycles. The molecule has 2 aromatic rings. The molecule has 0 aliphatic carbocycles. The minimum atomic E-state index is -3.57. The lowest BCUT2D eigenvalue weighted by molar-refractivity contribution is 0.580. The summed E-state index contributed by atoms with van der Waals surface area (Å²) in [4.78, 5) is 8.31. The van der Waals surface area contributed by atoms with E-state index in [0.717, 1.165) is 5.69 Å². The van der Waals surface area contributed by atoms with Crippen LogP contribution in [0, 0.1) is 6.92 Å². The first kappa shape index (κ1) is 14.6. The van der Waals surface area contributed by atoms with Gasteiger partial charge in [0.1, 0.15) is 5.82 Å². The van der Waals surface area contributed by atoms with Crippen LogP contribution in [0.1, 0.15) is 17.2 Å². The Morgan fingerprint density at radius 1 is 1.45 bits per heavy atom. The molecular formula is C12H17N5O2S. The molecule has 3 N–H and O–H groups in total. The van der Waals surface area contributed by atoms with Gasteiger partial charge in [-0.3, -0.25) is 0 Å². The zero-order valence-electron chi connectivity index (χ0n) is 11.4. The molecule has 0 aliphatic rings. The largest absolute Gasteiger partial charge is 0.352 e. The van der Waals surface area contributed by atoms with Crippen LogP contribution >= 0.6 is 0 Å². The predicted octanol–water partition coefficient (Wildman–Crippen LogP) is 0.0607. The van der Waals surface area contributed by atoms with E-state index in [0.29, 0.717) is 11.5 Å². The highest BCUT2D eigenvalue weighted by molar-refractivity contribution is 7.89. The first-order valence-electron chi connectivity index (χ1n) is 6.06. The van der Waals surface area contributed by atoms with Gasteiger partial charge in [0.25, 0.3) is 0 Å². The average molecular weight is 295 g/mol. The maximum atomic E-state index is 12.2. The van der Waals surface area contributed by atoms with Gasteiger partial charge >= 0.3 is 0 Å². The standard InChI is InChI=1S/C12H17N5O2S/c1-9-14-4-3-10(16-9)7-15-20(18,19)12-5-11(6-13)17(2)8-12/h3-5,8,15H,6-7,13H2,1-2H3. The van der Waals surface area contributed by atoms with Gasteiger partial charge in [-0.1, -0.05) is 0 Å². The van der Waals surface area contributed by atoms with Crippen LogP contribution in [0.3, 0.4) is 0 Å². The summed E-state index contributed by atoms with van der Waals surface area (Å²) >= 11 is 0. The van der Waals surface area contributed by atoms with E-state index in [9.17, 15) is 8.42 Å². The van der Waals surface area contributed by atoms with Crippen molar-refractivity contribution in [1.82, 2.24) is 19.3 Å². The fourth-order valence-corrected chi connectivity index (χ4v) is 2.88. The van der Waals surface area contributed by atoms with Crippen molar-refractivity contribution in [3.63, 3.8) is 0 Å². The van der Waals surface area contributed by atoms with Crippen LogP contribution in [0.5, 0.6) is 0 Å². The van der Waals surface area contributed by atoms with Crippen LogP contribution < -0.4 is 10.5 Å². The lowest BCUT2D eigenvalue weighted by atomic mass is 10.4. The summed E-state index contributed by atoms with van der Waals surface area (Å²) in [5.41, 5.74) is 6.91. The normalized spacial score (nSPS) is 11.8. The molecule has 0 spiro atoms. The molecule has 2 heterocycles. The van der Waals surface area contributed by atoms with E-state index in [2.05, 4.69) is 14.7 Å². The molecule has 0 fully saturated rings. The van der Waals surface area contributed by atoms with Crippen molar-refractivity contribution in [3.8, 4) is 0 Å². The van der Waals surface area contributed by atoms with Crippen molar-refractivity contribution >= 4 is 10.0 Å². The van der Waals surface area contributed by atoms with Crippen LogP contribution in [0.2, 0.25) is 0 Å². The smallest absolute Gasteiger partial charge is 0.242 e. The monoisotopic (exact) mass is 295 g/mol. The third-order valence-corrected chi connectivity index (χ3v) is 4.25. The highest BCUT2D eigenvalue weighted by Crippen LogP contribution is 2.13. The molecule has 0 radical (unpaired) electrons. The number of nitrogens with zero attached hydrogens (tertiary/aromatic N) is 3. The van der Waals surface area contributed by atoms with E-state index in [-0.39, 0.29) is 18.0 Å². The Balaban J connectivity index is 2.15. The number of aryl methyl sites for hydroxylation is 2. The molecule has 0 saturated heterocycles. The quantitative estimate of drug-likeness (QED) is 0.812. The maximum absolute atomic E-state index is 12.2. The number of hydrogen-bond acceptors (Lipinski definition) is 5. The Kier molecular flexibility index (Phi) is 4.17. The topological polar surface area (TPSA) is 103 Å². The summed E-state index contributed by atoms with van der Waals surface area (Å²) < 4.78 is 28.5. The number of aromatic nitrogens is 3. The van der Waals surface area contributed by atoms with E-state index >= 15 is 0 Å². The van der Waals surface area contributed by atoms with Crippen molar-refractivity contribution in [3.05, 3.63) is 41.7 Å². The van der Waals surface area contributed by atoms with Gasteiger partial charge < -0.3 is 10.3 Å². The van der Waals surface area contributed by atoms with Crippen molar-refractivity contribution in [2.75, 3.05) is 0 Å². The zero-order chi connectivity index (χ0) is 14.8. The Hall–Kier alpha value is -1.77. The summed E-state index contributed by atoms with van der Waals surface area (Å²) in [6, 6.07) is 3.24. The molecule has 0 aliphatic heterocycles. The van der Waals surface area contributed by atoms with Gasteiger partial charge in [-0.05, 0) is 19.1 Å². The van der Waals surface area contributed by atoms with Gasteiger partial charge in [-0.2, -0.15) is 0 Å². The van der Waals surface area contributed by atoms with Crippen LogP contribution in [-0.2, 0) is 30.2 Å². The number of nitrogens with two attached hydrogens (primary N) is 1. The molecule has 20 heavy (non-hydrogen) atoms. The highest BCUT2D eigenvalue weighted by atomic mass is 32.2. The van der Waals surface area contributed by atoms with Crippen LogP contribution in [-0.4, -0.2) is 23.0 Å². The molecule has 7 nitrogen and oxygen atoms in total. The second-order valence-electron chi connectivity index (χ2n) is 4.40. The second kappa shape index (κ2) is 5.70. The summed E-state index contributed by atoms with van der Waals surface area (Å²) in [5, 5.41) is 0. The summed E-state index contributed by atoms with van der Waals surface area (Å²) in [7, 11) is -1.81. The van der Waals surface area contributed by atoms with Crippen molar-refractivity contribution < 1.29 is 8.42 Å². The van der Waals surface area contributed by atoms with Gasteiger partial charge in [0.2, 0.25) is 10.0 Å². The second-order valence-corrected chi connectivity index (χ2v) is 6.17. The molecule has 0 saturated carbocycles. The fourth-order valence-electron chi connectivity index (χ4n) is 1.78. The third-order valence-electron chi connectivity index (χ3n) is 2.88. The molecule has 0 amide bonds. The Morgan fingerprint density at radius 2 is 2.20 bits per heavy atom. The summed E-state index contributed by atoms with van der Waals surface area (Å²) in [6.45, 7) is 2.17. The van der Waals surface area contributed by atoms with Crippen molar-refractivity contribution in [1.29, 1.82) is 0 Å². The maximum Gasteiger partial charge on any atom is 0.242 e. The minimum absolute atomic E-state index is 0.124. The Bertz CT molecular complexity index is 708. The zero-order valence-corrected chi connectivity index (χ0v) is 12.2. The molecular weight excluding hydrogens is 278 g/mol. The van der Waals surface area contributed by atoms with E-state index in [1.807, 2.05) is 0 Å². The Morgan fingerprint density at radius 3 is 2.80 bits per heavy atom. The molecule has 0 unspecified atom stereocenters. The van der Waals surface area contributed by atoms with Crippen LogP contribution in [0.4, 0.5) is 0 Å². The molecule has 0 bridgehead atoms. The fraction of sp³-hybridized carbons (Fsp3) is 0.333. The van der Waals surface area contributed by atoms with E-state index in [1.165, 1.54) is 6.20 Å². The molecule has 2 aromatic heterocycles. The van der Waals surface area contributed by atoms with Crippen LogP contribution in [0.15, 0.2) is 29.4 Å². The van der Waals surface area contributed by atoms with Gasteiger partial charge in [0, 0.05) is 31.7 Å². The number of sulfonamides is 1. The van der Waals surface area contributed by atoms with Gasteiger partial charge in [0.15, 0.2) is 0 Å². The minimum Gasteiger partial charge on any atom is -0.352 e. The third kappa shape index (κ3) is 3.21. The van der Waals surface area contributed by atoms with E-state index in [4.69, 9.17) is 5.73 Å². The van der Waals surface area contributed by atoms with Gasteiger partial charge in [-0.25, -0.2) is 23.1 Å². The number of nitrogens with one attached hydrogen (secondary N) is 1. The lowest BCUT2D eigenvalue weighted by Crippen LogP contribution is -2.23. The van der Waals surface area contributed by atoms with Gasteiger partial charge in [0.05, 0.1) is 17.1 Å². The van der Waals surface area contributed by atoms with E-state index < -0.39 is 10.0 Å². The lowest BCUT2D eigenvalue weighted by Gasteiger charge is -2.04. The number of hydrogen-bond donors (Lipinski definition) is 2. The van der Waals surface area contributed by atoms with Crippen molar-refractivity contribution in [2.45, 2.75) is 24.9 Å².